The maximum atomic E-state index is 9.78. The molecule has 0 saturated heterocycles. The third kappa shape index (κ3) is 5.83. The average molecular weight is 222 g/mol. The van der Waals surface area contributed by atoms with E-state index in [0.717, 1.165) is 12.1 Å². The summed E-state index contributed by atoms with van der Waals surface area (Å²) in [7, 11) is 0. The number of nitrogens with zero attached hydrogens (tertiary/aromatic N) is 1. The fraction of sp³-hybridized carbons (Fsp3) is 0.615. The van der Waals surface area contributed by atoms with Crippen LogP contribution in [0.15, 0.2) is 24.4 Å². The van der Waals surface area contributed by atoms with Crippen LogP contribution in [-0.2, 0) is 6.54 Å². The molecule has 1 atom stereocenters. The Morgan fingerprint density at radius 3 is 2.69 bits per heavy atom. The van der Waals surface area contributed by atoms with Gasteiger partial charge in [0.05, 0.1) is 11.8 Å². The Hall–Kier alpha value is -0.930. The molecule has 0 bridgehead atoms. The van der Waals surface area contributed by atoms with Crippen LogP contribution in [0.5, 0.6) is 0 Å². The summed E-state index contributed by atoms with van der Waals surface area (Å²) >= 11 is 0. The van der Waals surface area contributed by atoms with Crippen molar-refractivity contribution in [3.05, 3.63) is 30.1 Å². The van der Waals surface area contributed by atoms with Gasteiger partial charge in [-0.25, -0.2) is 0 Å². The minimum absolute atomic E-state index is 0.173. The summed E-state index contributed by atoms with van der Waals surface area (Å²) in [6.45, 7) is 7.73. The third-order valence-electron chi connectivity index (χ3n) is 2.26. The number of hydrogen-bond donors (Lipinski definition) is 2. The van der Waals surface area contributed by atoms with Crippen LogP contribution in [-0.4, -0.2) is 22.7 Å². The molecular formula is C13H22N2O. The molecule has 90 valence electrons. The number of pyridine rings is 1. The van der Waals surface area contributed by atoms with Gasteiger partial charge < -0.3 is 10.4 Å². The molecule has 1 heterocycles. The highest BCUT2D eigenvalue weighted by Gasteiger charge is 2.15. The highest BCUT2D eigenvalue weighted by Crippen LogP contribution is 2.20. The number of aliphatic hydroxyl groups is 1. The summed E-state index contributed by atoms with van der Waals surface area (Å²) in [5.74, 6) is 0. The predicted molar refractivity (Wildman–Crippen MR) is 66.0 cm³/mol. The van der Waals surface area contributed by atoms with E-state index in [4.69, 9.17) is 0 Å². The zero-order chi connectivity index (χ0) is 12.0. The van der Waals surface area contributed by atoms with E-state index in [1.807, 2.05) is 18.2 Å². The second-order valence-electron chi connectivity index (χ2n) is 5.37. The summed E-state index contributed by atoms with van der Waals surface area (Å²) in [5.41, 5.74) is 1.18. The van der Waals surface area contributed by atoms with Crippen LogP contribution >= 0.6 is 0 Å². The second-order valence-corrected chi connectivity index (χ2v) is 5.37. The number of aliphatic hydroxyl groups excluding tert-OH is 1. The van der Waals surface area contributed by atoms with Crippen LogP contribution in [0.1, 0.15) is 32.9 Å². The van der Waals surface area contributed by atoms with E-state index >= 15 is 0 Å². The lowest BCUT2D eigenvalue weighted by Gasteiger charge is -2.22. The van der Waals surface area contributed by atoms with Crippen LogP contribution in [0.4, 0.5) is 0 Å². The van der Waals surface area contributed by atoms with Gasteiger partial charge >= 0.3 is 0 Å². The summed E-state index contributed by atoms with van der Waals surface area (Å²) in [6.07, 6.45) is 2.30. The van der Waals surface area contributed by atoms with Crippen molar-refractivity contribution in [3.63, 3.8) is 0 Å². The minimum atomic E-state index is -0.288. The Balaban J connectivity index is 2.21. The van der Waals surface area contributed by atoms with Crippen LogP contribution in [0.3, 0.4) is 0 Å². The SMILES string of the molecule is CC(C)(C)CC(O)CNCc1ccccn1. The molecule has 0 amide bonds. The largest absolute Gasteiger partial charge is 0.392 e. The van der Waals surface area contributed by atoms with Crippen molar-refractivity contribution >= 4 is 0 Å². The van der Waals surface area contributed by atoms with Crippen molar-refractivity contribution in [2.45, 2.75) is 39.8 Å². The molecule has 2 N–H and O–H groups in total. The zero-order valence-electron chi connectivity index (χ0n) is 10.4. The first-order valence-electron chi connectivity index (χ1n) is 5.76. The van der Waals surface area contributed by atoms with E-state index in [2.05, 4.69) is 31.1 Å². The molecule has 0 spiro atoms. The van der Waals surface area contributed by atoms with E-state index < -0.39 is 0 Å². The first-order valence-corrected chi connectivity index (χ1v) is 5.76. The Kier molecular flexibility index (Phi) is 4.90. The van der Waals surface area contributed by atoms with Crippen LogP contribution in [0.25, 0.3) is 0 Å². The van der Waals surface area contributed by atoms with Crippen LogP contribution in [0.2, 0.25) is 0 Å². The Morgan fingerprint density at radius 2 is 2.12 bits per heavy atom. The Bertz CT molecular complexity index is 293. The summed E-state index contributed by atoms with van der Waals surface area (Å²) < 4.78 is 0. The quantitative estimate of drug-likeness (QED) is 0.800. The molecule has 0 aliphatic rings. The lowest BCUT2D eigenvalue weighted by Crippen LogP contribution is -2.30. The van der Waals surface area contributed by atoms with Crippen LogP contribution < -0.4 is 5.32 Å². The van der Waals surface area contributed by atoms with Gasteiger partial charge in [-0.05, 0) is 24.0 Å². The number of hydrogen-bond acceptors (Lipinski definition) is 3. The molecule has 0 aliphatic heterocycles. The summed E-state index contributed by atoms with van der Waals surface area (Å²) in [6, 6.07) is 5.84. The van der Waals surface area contributed by atoms with Gasteiger partial charge in [0.2, 0.25) is 0 Å². The summed E-state index contributed by atoms with van der Waals surface area (Å²) in [5, 5.41) is 13.0. The van der Waals surface area contributed by atoms with Gasteiger partial charge in [-0.1, -0.05) is 26.8 Å². The van der Waals surface area contributed by atoms with Crippen molar-refractivity contribution in [1.82, 2.24) is 10.3 Å². The van der Waals surface area contributed by atoms with Gasteiger partial charge in [-0.3, -0.25) is 4.98 Å². The molecule has 0 aromatic carbocycles. The van der Waals surface area contributed by atoms with E-state index in [0.29, 0.717) is 13.1 Å². The molecule has 1 aromatic heterocycles. The van der Waals surface area contributed by atoms with Crippen molar-refractivity contribution in [1.29, 1.82) is 0 Å². The maximum absolute atomic E-state index is 9.78. The van der Waals surface area contributed by atoms with Gasteiger partial charge in [0.25, 0.3) is 0 Å². The second kappa shape index (κ2) is 5.97. The average Bonchev–Trinajstić information content (AvgIpc) is 2.16. The molecule has 1 rings (SSSR count). The molecule has 0 saturated carbocycles. The van der Waals surface area contributed by atoms with Gasteiger partial charge in [-0.2, -0.15) is 0 Å². The minimum Gasteiger partial charge on any atom is -0.392 e. The molecule has 0 radical (unpaired) electrons. The van der Waals surface area contributed by atoms with Gasteiger partial charge in [0.15, 0.2) is 0 Å². The predicted octanol–water partition coefficient (Wildman–Crippen LogP) is 1.97. The molecule has 3 heteroatoms. The van der Waals surface area contributed by atoms with Gasteiger partial charge in [0, 0.05) is 19.3 Å². The molecule has 0 aliphatic carbocycles. The van der Waals surface area contributed by atoms with Gasteiger partial charge in [0.1, 0.15) is 0 Å². The first-order chi connectivity index (χ1) is 7.47. The first kappa shape index (κ1) is 13.1. The van der Waals surface area contributed by atoms with Crippen molar-refractivity contribution in [3.8, 4) is 0 Å². The van der Waals surface area contributed by atoms with E-state index in [9.17, 15) is 5.11 Å². The maximum Gasteiger partial charge on any atom is 0.0669 e. The molecule has 3 nitrogen and oxygen atoms in total. The van der Waals surface area contributed by atoms with Crippen molar-refractivity contribution in [2.75, 3.05) is 6.54 Å². The van der Waals surface area contributed by atoms with E-state index in [1.54, 1.807) is 6.20 Å². The van der Waals surface area contributed by atoms with Crippen LogP contribution in [0, 0.1) is 5.41 Å². The highest BCUT2D eigenvalue weighted by molar-refractivity contribution is 5.02. The van der Waals surface area contributed by atoms with Crippen molar-refractivity contribution in [2.24, 2.45) is 5.41 Å². The Labute approximate surface area is 97.9 Å². The number of nitrogens with one attached hydrogen (secondary N) is 1. The lowest BCUT2D eigenvalue weighted by atomic mass is 9.89. The Morgan fingerprint density at radius 1 is 1.38 bits per heavy atom. The van der Waals surface area contributed by atoms with E-state index in [1.165, 1.54) is 0 Å². The molecular weight excluding hydrogens is 200 g/mol. The number of aromatic nitrogens is 1. The monoisotopic (exact) mass is 222 g/mol. The lowest BCUT2D eigenvalue weighted by molar-refractivity contribution is 0.119. The fourth-order valence-corrected chi connectivity index (χ4v) is 1.65. The normalized spacial score (nSPS) is 13.8. The molecule has 1 unspecified atom stereocenters. The summed E-state index contributed by atoms with van der Waals surface area (Å²) in [4.78, 5) is 4.21. The molecule has 0 fully saturated rings. The topological polar surface area (TPSA) is 45.1 Å². The van der Waals surface area contributed by atoms with E-state index in [-0.39, 0.29) is 11.5 Å². The standard InChI is InChI=1S/C13H22N2O/c1-13(2,3)8-12(16)10-14-9-11-6-4-5-7-15-11/h4-7,12,14,16H,8-10H2,1-3H3. The number of rotatable bonds is 5. The smallest absolute Gasteiger partial charge is 0.0669 e. The highest BCUT2D eigenvalue weighted by atomic mass is 16.3. The van der Waals surface area contributed by atoms with Crippen molar-refractivity contribution < 1.29 is 5.11 Å². The zero-order valence-corrected chi connectivity index (χ0v) is 10.4. The molecule has 1 aromatic rings. The third-order valence-corrected chi connectivity index (χ3v) is 2.26. The van der Waals surface area contributed by atoms with Gasteiger partial charge in [-0.15, -0.1) is 0 Å². The fourth-order valence-electron chi connectivity index (χ4n) is 1.65. The molecule has 16 heavy (non-hydrogen) atoms.